The molecule has 0 aliphatic rings. The molecule has 5 heteroatoms. The highest BCUT2D eigenvalue weighted by atomic mass is 16.6. The number of Topliss-reactive ketones (excluding diaryl/α,β-unsaturated/α-hetero) is 1. The van der Waals surface area contributed by atoms with Gasteiger partial charge in [0.15, 0.2) is 5.78 Å². The standard InChI is InChI=1S/C35H53NO4/c1-2-3-4-5-6-7-8-9-10-11-12-13-14-15-16-17-19-29-22-25-31(26-23-29)40-35(39)21-18-20-33(37)30-24-27-34(38)32(36)28-30/h18,21-28,35,38-39H,2-17,19-20,36H2,1H3. The maximum absolute atomic E-state index is 12.2. The van der Waals surface area contributed by atoms with Gasteiger partial charge in [0.2, 0.25) is 6.29 Å². The summed E-state index contributed by atoms with van der Waals surface area (Å²) in [5.41, 5.74) is 7.49. The number of aliphatic hydroxyl groups is 1. The van der Waals surface area contributed by atoms with Crippen LogP contribution in [0.2, 0.25) is 0 Å². The molecule has 0 radical (unpaired) electrons. The van der Waals surface area contributed by atoms with Crippen LogP contribution in [-0.4, -0.2) is 22.3 Å². The first-order chi connectivity index (χ1) is 19.5. The molecule has 0 aliphatic carbocycles. The average Bonchev–Trinajstić information content (AvgIpc) is 2.95. The van der Waals surface area contributed by atoms with E-state index in [1.54, 1.807) is 6.08 Å². The van der Waals surface area contributed by atoms with E-state index < -0.39 is 6.29 Å². The number of unbranched alkanes of at least 4 members (excludes halogenated alkanes) is 15. The Balaban J connectivity index is 1.47. The minimum absolute atomic E-state index is 0.0491. The van der Waals surface area contributed by atoms with Crippen LogP contribution >= 0.6 is 0 Å². The number of carbonyl (C=O) groups excluding carboxylic acids is 1. The molecule has 0 aliphatic heterocycles. The number of hydrogen-bond donors (Lipinski definition) is 3. The number of aryl methyl sites for hydroxylation is 1. The molecule has 0 saturated heterocycles. The van der Waals surface area contributed by atoms with Crippen molar-refractivity contribution in [2.75, 3.05) is 5.73 Å². The van der Waals surface area contributed by atoms with Crippen LogP contribution in [0.1, 0.15) is 132 Å². The van der Waals surface area contributed by atoms with E-state index in [0.717, 1.165) is 6.42 Å². The Labute approximate surface area is 242 Å². The summed E-state index contributed by atoms with van der Waals surface area (Å²) in [5, 5.41) is 19.6. The molecular formula is C35H53NO4. The van der Waals surface area contributed by atoms with Gasteiger partial charge in [-0.05, 0) is 54.8 Å². The molecule has 0 fully saturated rings. The van der Waals surface area contributed by atoms with Crippen LogP contribution in [0.15, 0.2) is 54.6 Å². The fourth-order valence-corrected chi connectivity index (χ4v) is 4.93. The van der Waals surface area contributed by atoms with E-state index in [1.165, 1.54) is 133 Å². The summed E-state index contributed by atoms with van der Waals surface area (Å²) in [5.74, 6) is 0.381. The summed E-state index contributed by atoms with van der Waals surface area (Å²) in [6.07, 6.45) is 25.1. The van der Waals surface area contributed by atoms with Gasteiger partial charge in [0.25, 0.3) is 0 Å². The number of aromatic hydroxyl groups is 1. The van der Waals surface area contributed by atoms with Gasteiger partial charge in [0.05, 0.1) is 5.69 Å². The second-order valence-corrected chi connectivity index (χ2v) is 11.0. The van der Waals surface area contributed by atoms with Gasteiger partial charge in [-0.3, -0.25) is 4.79 Å². The lowest BCUT2D eigenvalue weighted by atomic mass is 10.0. The number of ether oxygens (including phenoxy) is 1. The molecule has 2 rings (SSSR count). The number of carbonyl (C=O) groups is 1. The number of nitrogen functional groups attached to an aromatic ring is 1. The summed E-state index contributed by atoms with van der Waals surface area (Å²) < 4.78 is 5.53. The quantitative estimate of drug-likeness (QED) is 0.0319. The Kier molecular flexibility index (Phi) is 17.6. The number of phenols is 1. The highest BCUT2D eigenvalue weighted by Crippen LogP contribution is 2.21. The lowest BCUT2D eigenvalue weighted by Gasteiger charge is -2.10. The number of allylic oxidation sites excluding steroid dienone is 1. The molecule has 0 bridgehead atoms. The Morgan fingerprint density at radius 3 is 1.85 bits per heavy atom. The lowest BCUT2D eigenvalue weighted by Crippen LogP contribution is -2.12. The van der Waals surface area contributed by atoms with Crippen molar-refractivity contribution in [3.05, 3.63) is 65.7 Å². The number of hydrogen-bond acceptors (Lipinski definition) is 5. The van der Waals surface area contributed by atoms with Gasteiger partial charge in [-0.2, -0.15) is 0 Å². The van der Waals surface area contributed by atoms with E-state index in [-0.39, 0.29) is 23.6 Å². The molecule has 1 atom stereocenters. The van der Waals surface area contributed by atoms with Crippen LogP contribution in [0, 0.1) is 0 Å². The fraction of sp³-hybridized carbons (Fsp3) is 0.571. The normalized spacial score (nSPS) is 12.2. The molecule has 0 spiro atoms. The highest BCUT2D eigenvalue weighted by molar-refractivity contribution is 5.98. The first kappa shape index (κ1) is 33.4. The van der Waals surface area contributed by atoms with Crippen molar-refractivity contribution in [2.24, 2.45) is 0 Å². The maximum atomic E-state index is 12.2. The van der Waals surface area contributed by atoms with Crippen molar-refractivity contribution in [1.29, 1.82) is 0 Å². The first-order valence-corrected chi connectivity index (χ1v) is 15.7. The Hall–Kier alpha value is -2.79. The summed E-state index contributed by atoms with van der Waals surface area (Å²) >= 11 is 0. The molecule has 40 heavy (non-hydrogen) atoms. The van der Waals surface area contributed by atoms with Gasteiger partial charge in [-0.1, -0.05) is 121 Å². The molecule has 0 heterocycles. The third kappa shape index (κ3) is 15.1. The van der Waals surface area contributed by atoms with Crippen molar-refractivity contribution in [3.63, 3.8) is 0 Å². The van der Waals surface area contributed by atoms with Gasteiger partial charge >= 0.3 is 0 Å². The van der Waals surface area contributed by atoms with Gasteiger partial charge in [-0.25, -0.2) is 0 Å². The van der Waals surface area contributed by atoms with Crippen LogP contribution in [0.3, 0.4) is 0 Å². The predicted molar refractivity (Wildman–Crippen MR) is 167 cm³/mol. The van der Waals surface area contributed by atoms with Crippen molar-refractivity contribution in [1.82, 2.24) is 0 Å². The fourth-order valence-electron chi connectivity index (χ4n) is 4.93. The molecule has 0 saturated carbocycles. The Bertz CT molecular complexity index is 970. The number of rotatable bonds is 23. The van der Waals surface area contributed by atoms with E-state index in [1.807, 2.05) is 12.1 Å². The van der Waals surface area contributed by atoms with E-state index in [2.05, 4.69) is 19.1 Å². The van der Waals surface area contributed by atoms with Crippen LogP contribution in [0.4, 0.5) is 5.69 Å². The summed E-state index contributed by atoms with van der Waals surface area (Å²) in [7, 11) is 0. The number of benzene rings is 2. The molecule has 222 valence electrons. The van der Waals surface area contributed by atoms with E-state index >= 15 is 0 Å². The van der Waals surface area contributed by atoms with Gasteiger partial charge in [0, 0.05) is 12.0 Å². The van der Waals surface area contributed by atoms with Crippen LogP contribution in [-0.2, 0) is 6.42 Å². The number of nitrogens with two attached hydrogens (primary N) is 1. The monoisotopic (exact) mass is 551 g/mol. The Morgan fingerprint density at radius 2 is 1.32 bits per heavy atom. The van der Waals surface area contributed by atoms with Crippen LogP contribution in [0.5, 0.6) is 11.5 Å². The number of ketones is 1. The summed E-state index contributed by atoms with van der Waals surface area (Å²) in [6.45, 7) is 2.28. The third-order valence-corrected chi connectivity index (χ3v) is 7.45. The van der Waals surface area contributed by atoms with Crippen molar-refractivity contribution in [2.45, 2.75) is 129 Å². The van der Waals surface area contributed by atoms with Gasteiger partial charge in [-0.15, -0.1) is 0 Å². The largest absolute Gasteiger partial charge is 0.506 e. The van der Waals surface area contributed by atoms with Crippen molar-refractivity contribution < 1.29 is 19.7 Å². The predicted octanol–water partition coefficient (Wildman–Crippen LogP) is 9.30. The second kappa shape index (κ2) is 21.0. The summed E-state index contributed by atoms with van der Waals surface area (Å²) in [6, 6.07) is 12.2. The lowest BCUT2D eigenvalue weighted by molar-refractivity contribution is 0.0246. The minimum atomic E-state index is -1.14. The van der Waals surface area contributed by atoms with E-state index in [0.29, 0.717) is 11.3 Å². The number of aliphatic hydroxyl groups excluding tert-OH is 1. The molecule has 1 unspecified atom stereocenters. The summed E-state index contributed by atoms with van der Waals surface area (Å²) in [4.78, 5) is 12.2. The number of phenolic OH excluding ortho intramolecular Hbond substituents is 1. The molecule has 5 nitrogen and oxygen atoms in total. The van der Waals surface area contributed by atoms with Crippen molar-refractivity contribution >= 4 is 11.5 Å². The zero-order valence-corrected chi connectivity index (χ0v) is 24.8. The Morgan fingerprint density at radius 1 is 0.800 bits per heavy atom. The molecule has 0 aromatic heterocycles. The molecule has 2 aromatic carbocycles. The highest BCUT2D eigenvalue weighted by Gasteiger charge is 2.08. The van der Waals surface area contributed by atoms with E-state index in [4.69, 9.17) is 10.5 Å². The first-order valence-electron chi connectivity index (χ1n) is 15.7. The average molecular weight is 552 g/mol. The van der Waals surface area contributed by atoms with Gasteiger partial charge in [0.1, 0.15) is 11.5 Å². The SMILES string of the molecule is CCCCCCCCCCCCCCCCCCc1ccc(OC(O)C=CCC(=O)c2ccc(O)c(N)c2)cc1. The molecule has 4 N–H and O–H groups in total. The zero-order chi connectivity index (χ0) is 28.8. The topological polar surface area (TPSA) is 92.8 Å². The van der Waals surface area contributed by atoms with Crippen LogP contribution < -0.4 is 10.5 Å². The maximum Gasteiger partial charge on any atom is 0.217 e. The van der Waals surface area contributed by atoms with Crippen LogP contribution in [0.25, 0.3) is 0 Å². The van der Waals surface area contributed by atoms with E-state index in [9.17, 15) is 15.0 Å². The molecular weight excluding hydrogens is 498 g/mol. The second-order valence-electron chi connectivity index (χ2n) is 11.0. The minimum Gasteiger partial charge on any atom is -0.506 e. The van der Waals surface area contributed by atoms with Gasteiger partial charge < -0.3 is 20.7 Å². The molecule has 0 amide bonds. The zero-order valence-electron chi connectivity index (χ0n) is 24.8. The van der Waals surface area contributed by atoms with Crippen molar-refractivity contribution in [3.8, 4) is 11.5 Å². The smallest absolute Gasteiger partial charge is 0.217 e. The third-order valence-electron chi connectivity index (χ3n) is 7.45. The molecule has 2 aromatic rings. The number of anilines is 1.